The molecule has 1 atom stereocenters. The van der Waals surface area contributed by atoms with Crippen LogP contribution < -0.4 is 10.6 Å². The number of amides is 2. The van der Waals surface area contributed by atoms with Crippen LogP contribution in [0.4, 0.5) is 0 Å². The second kappa shape index (κ2) is 8.82. The van der Waals surface area contributed by atoms with Gasteiger partial charge in [-0.2, -0.15) is 0 Å². The summed E-state index contributed by atoms with van der Waals surface area (Å²) in [6.45, 7) is 1.26. The van der Waals surface area contributed by atoms with E-state index in [1.54, 1.807) is 24.3 Å². The number of nitrogens with one attached hydrogen (secondary N) is 2. The third kappa shape index (κ3) is 5.75. The van der Waals surface area contributed by atoms with Gasteiger partial charge in [0.15, 0.2) is 0 Å². The summed E-state index contributed by atoms with van der Waals surface area (Å²) >= 11 is 1.38. The molecule has 0 fully saturated rings. The number of carboxylic acids is 1. The van der Waals surface area contributed by atoms with Crippen LogP contribution in [0.25, 0.3) is 6.08 Å². The zero-order valence-corrected chi connectivity index (χ0v) is 14.7. The number of thiophene rings is 1. The normalized spacial score (nSPS) is 12.3. The smallest absolute Gasteiger partial charge is 0.326 e. The largest absolute Gasteiger partial charge is 0.508 e. The molecule has 2 aromatic rings. The average molecular weight is 374 g/mol. The first-order valence-corrected chi connectivity index (χ1v) is 8.57. The Kier molecular flexibility index (Phi) is 6.51. The molecule has 0 saturated carbocycles. The minimum Gasteiger partial charge on any atom is -0.508 e. The Morgan fingerprint density at radius 2 is 1.88 bits per heavy atom. The second-order valence-corrected chi connectivity index (χ2v) is 6.47. The van der Waals surface area contributed by atoms with Crippen LogP contribution in [-0.4, -0.2) is 34.0 Å². The highest BCUT2D eigenvalue weighted by Crippen LogP contribution is 2.14. The number of rotatable bonds is 7. The molecule has 1 aromatic carbocycles. The molecule has 1 heterocycles. The summed E-state index contributed by atoms with van der Waals surface area (Å²) in [5.41, 5.74) is 0.607. The van der Waals surface area contributed by atoms with E-state index in [9.17, 15) is 24.6 Å². The Hall–Kier alpha value is -3.13. The molecule has 4 N–H and O–H groups in total. The van der Waals surface area contributed by atoms with Gasteiger partial charge in [0.25, 0.3) is 5.91 Å². The Labute approximate surface area is 154 Å². The summed E-state index contributed by atoms with van der Waals surface area (Å²) in [7, 11) is 0. The van der Waals surface area contributed by atoms with Crippen molar-refractivity contribution in [1.82, 2.24) is 10.6 Å². The van der Waals surface area contributed by atoms with Crippen molar-refractivity contribution in [1.29, 1.82) is 0 Å². The molecule has 26 heavy (non-hydrogen) atoms. The fourth-order valence-electron chi connectivity index (χ4n) is 2.17. The van der Waals surface area contributed by atoms with Gasteiger partial charge in [0.2, 0.25) is 5.91 Å². The van der Waals surface area contributed by atoms with Gasteiger partial charge in [-0.25, -0.2) is 4.79 Å². The number of hydrogen-bond acceptors (Lipinski definition) is 5. The van der Waals surface area contributed by atoms with E-state index in [4.69, 9.17) is 0 Å². The van der Waals surface area contributed by atoms with E-state index in [1.807, 2.05) is 5.38 Å². The minimum absolute atomic E-state index is 0.0306. The number of aliphatic carboxylic acids is 1. The Bertz CT molecular complexity index is 813. The van der Waals surface area contributed by atoms with E-state index >= 15 is 0 Å². The molecule has 1 unspecified atom stereocenters. The summed E-state index contributed by atoms with van der Waals surface area (Å²) in [4.78, 5) is 36.1. The first-order valence-electron chi connectivity index (χ1n) is 7.69. The number of carbonyl (C=O) groups is 3. The van der Waals surface area contributed by atoms with Gasteiger partial charge in [-0.05, 0) is 35.2 Å². The summed E-state index contributed by atoms with van der Waals surface area (Å²) in [6.07, 6.45) is 1.52. The van der Waals surface area contributed by atoms with Crippen molar-refractivity contribution < 1.29 is 24.6 Å². The highest BCUT2D eigenvalue weighted by Gasteiger charge is 2.23. The third-order valence-electron chi connectivity index (χ3n) is 3.36. The van der Waals surface area contributed by atoms with Crippen molar-refractivity contribution in [2.45, 2.75) is 19.4 Å². The highest BCUT2D eigenvalue weighted by molar-refractivity contribution is 7.10. The molecule has 2 amide bonds. The van der Waals surface area contributed by atoms with Gasteiger partial charge in [-0.3, -0.25) is 9.59 Å². The van der Waals surface area contributed by atoms with Crippen molar-refractivity contribution in [2.24, 2.45) is 0 Å². The van der Waals surface area contributed by atoms with E-state index in [-0.39, 0.29) is 17.9 Å². The zero-order valence-electron chi connectivity index (χ0n) is 13.9. The van der Waals surface area contributed by atoms with Crippen LogP contribution in [0.5, 0.6) is 5.75 Å². The fraction of sp³-hybridized carbons (Fsp3) is 0.167. The van der Waals surface area contributed by atoms with Gasteiger partial charge < -0.3 is 20.8 Å². The Balaban J connectivity index is 2.16. The number of phenols is 1. The SMILES string of the molecule is CC(=O)N/C(=C\c1cccs1)C(=O)NC(Cc1ccc(O)cc1)C(=O)O. The van der Waals surface area contributed by atoms with Gasteiger partial charge in [-0.1, -0.05) is 18.2 Å². The predicted molar refractivity (Wildman–Crippen MR) is 97.5 cm³/mol. The maximum atomic E-state index is 12.5. The van der Waals surface area contributed by atoms with Crippen molar-refractivity contribution in [3.8, 4) is 5.75 Å². The first-order chi connectivity index (χ1) is 12.3. The predicted octanol–water partition coefficient (Wildman–Crippen LogP) is 1.74. The van der Waals surface area contributed by atoms with Crippen LogP contribution in [0.15, 0.2) is 47.5 Å². The third-order valence-corrected chi connectivity index (χ3v) is 4.18. The van der Waals surface area contributed by atoms with Gasteiger partial charge >= 0.3 is 5.97 Å². The minimum atomic E-state index is -1.20. The van der Waals surface area contributed by atoms with Crippen LogP contribution in [0.3, 0.4) is 0 Å². The van der Waals surface area contributed by atoms with Crippen LogP contribution in [0, 0.1) is 0 Å². The van der Waals surface area contributed by atoms with Gasteiger partial charge in [0, 0.05) is 18.2 Å². The number of hydrogen-bond donors (Lipinski definition) is 4. The molecule has 0 aliphatic carbocycles. The van der Waals surface area contributed by atoms with Crippen LogP contribution in [-0.2, 0) is 20.8 Å². The van der Waals surface area contributed by atoms with E-state index in [0.29, 0.717) is 5.56 Å². The molecule has 0 spiro atoms. The zero-order chi connectivity index (χ0) is 19.1. The lowest BCUT2D eigenvalue weighted by Gasteiger charge is -2.16. The maximum Gasteiger partial charge on any atom is 0.326 e. The lowest BCUT2D eigenvalue weighted by Crippen LogP contribution is -2.45. The van der Waals surface area contributed by atoms with Crippen molar-refractivity contribution in [3.63, 3.8) is 0 Å². The van der Waals surface area contributed by atoms with Gasteiger partial charge in [-0.15, -0.1) is 11.3 Å². The number of carboxylic acid groups (broad SMARTS) is 1. The fourth-order valence-corrected chi connectivity index (χ4v) is 2.82. The summed E-state index contributed by atoms with van der Waals surface area (Å²) in [6, 6.07) is 8.41. The van der Waals surface area contributed by atoms with E-state index in [0.717, 1.165) is 4.88 Å². The molecule has 136 valence electrons. The van der Waals surface area contributed by atoms with E-state index in [2.05, 4.69) is 10.6 Å². The summed E-state index contributed by atoms with van der Waals surface area (Å²) in [5, 5.41) is 25.3. The van der Waals surface area contributed by atoms with Gasteiger partial charge in [0.05, 0.1) is 0 Å². The van der Waals surface area contributed by atoms with Crippen LogP contribution >= 0.6 is 11.3 Å². The highest BCUT2D eigenvalue weighted by atomic mass is 32.1. The molecule has 0 aliphatic heterocycles. The molecular weight excluding hydrogens is 356 g/mol. The monoisotopic (exact) mass is 374 g/mol. The summed E-state index contributed by atoms with van der Waals surface area (Å²) < 4.78 is 0. The van der Waals surface area contributed by atoms with Gasteiger partial charge in [0.1, 0.15) is 17.5 Å². The quantitative estimate of drug-likeness (QED) is 0.551. The second-order valence-electron chi connectivity index (χ2n) is 5.49. The van der Waals surface area contributed by atoms with Crippen molar-refractivity contribution in [2.75, 3.05) is 0 Å². The topological polar surface area (TPSA) is 116 Å². The molecule has 7 nitrogen and oxygen atoms in total. The van der Waals surface area contributed by atoms with E-state index < -0.39 is 23.8 Å². The number of aromatic hydroxyl groups is 1. The molecule has 0 aliphatic rings. The van der Waals surface area contributed by atoms with Crippen LogP contribution in [0.1, 0.15) is 17.4 Å². The average Bonchev–Trinajstić information content (AvgIpc) is 3.08. The number of phenolic OH excluding ortho intramolecular Hbond substituents is 1. The molecule has 1 aromatic heterocycles. The standard InChI is InChI=1S/C18H18N2O5S/c1-11(21)19-15(10-14-3-2-8-26-14)17(23)20-16(18(24)25)9-12-4-6-13(22)7-5-12/h2-8,10,16,22H,9H2,1H3,(H,19,21)(H,20,23)(H,24,25)/b15-10-. The molecule has 0 bridgehead atoms. The molecule has 8 heteroatoms. The lowest BCUT2D eigenvalue weighted by atomic mass is 10.1. The summed E-state index contributed by atoms with van der Waals surface area (Å²) in [5.74, 6) is -2.27. The molecular formula is C18H18N2O5S. The number of carbonyl (C=O) groups excluding carboxylic acids is 2. The van der Waals surface area contributed by atoms with Crippen molar-refractivity contribution >= 4 is 35.2 Å². The molecule has 2 rings (SSSR count). The number of benzene rings is 1. The Morgan fingerprint density at radius 1 is 1.19 bits per heavy atom. The van der Waals surface area contributed by atoms with Crippen molar-refractivity contribution in [3.05, 3.63) is 57.9 Å². The first kappa shape index (κ1) is 19.2. The van der Waals surface area contributed by atoms with E-state index in [1.165, 1.54) is 36.5 Å². The maximum absolute atomic E-state index is 12.5. The molecule has 0 radical (unpaired) electrons. The van der Waals surface area contributed by atoms with Crippen LogP contribution in [0.2, 0.25) is 0 Å². The molecule has 0 saturated heterocycles. The Morgan fingerprint density at radius 3 is 2.42 bits per heavy atom. The lowest BCUT2D eigenvalue weighted by molar-refractivity contribution is -0.141.